The van der Waals surface area contributed by atoms with Crippen molar-refractivity contribution in [2.75, 3.05) is 0 Å². The molecule has 30 heavy (non-hydrogen) atoms. The van der Waals surface area contributed by atoms with Gasteiger partial charge in [-0.15, -0.1) is 0 Å². The van der Waals surface area contributed by atoms with Gasteiger partial charge in [-0.05, 0) is 69.9 Å². The molecule has 1 aliphatic carbocycles. The molecule has 0 unspecified atom stereocenters. The maximum atomic E-state index is 13.2. The van der Waals surface area contributed by atoms with E-state index in [1.165, 1.54) is 5.56 Å². The number of fused-ring (bicyclic) bond motifs is 3. The summed E-state index contributed by atoms with van der Waals surface area (Å²) in [6.07, 6.45) is 1.32. The van der Waals surface area contributed by atoms with Gasteiger partial charge in [0.2, 0.25) is 5.88 Å². The van der Waals surface area contributed by atoms with Crippen LogP contribution in [0.4, 0.5) is 4.79 Å². The van der Waals surface area contributed by atoms with Crippen LogP contribution >= 0.6 is 11.6 Å². The molecular weight excluding hydrogens is 398 g/mol. The summed E-state index contributed by atoms with van der Waals surface area (Å²) in [6, 6.07) is 15.7. The lowest BCUT2D eigenvalue weighted by atomic mass is 9.90. The van der Waals surface area contributed by atoms with Crippen molar-refractivity contribution in [1.29, 1.82) is 0 Å². The highest BCUT2D eigenvalue weighted by atomic mass is 35.5. The topological polar surface area (TPSA) is 47.4 Å². The smallest absolute Gasteiger partial charge is 0.390 e. The first kappa shape index (κ1) is 20.5. The minimum Gasteiger partial charge on any atom is -0.390 e. The molecule has 1 aliphatic rings. The van der Waals surface area contributed by atoms with E-state index < -0.39 is 0 Å². The zero-order valence-electron chi connectivity index (χ0n) is 17.7. The van der Waals surface area contributed by atoms with Crippen molar-refractivity contribution < 1.29 is 9.53 Å². The van der Waals surface area contributed by atoms with Gasteiger partial charge in [0.25, 0.3) is 0 Å². The molecule has 0 N–H and O–H groups in total. The second-order valence-corrected chi connectivity index (χ2v) is 8.57. The van der Waals surface area contributed by atoms with E-state index in [-0.39, 0.29) is 18.2 Å². The number of carbonyl (C=O) groups excluding carboxylic acids is 1. The zero-order chi connectivity index (χ0) is 21.4. The fourth-order valence-electron chi connectivity index (χ4n) is 4.16. The first-order valence-corrected chi connectivity index (χ1v) is 10.7. The predicted octanol–water partition coefficient (Wildman–Crippen LogP) is 5.91. The lowest BCUT2D eigenvalue weighted by Crippen LogP contribution is -2.44. The van der Waals surface area contributed by atoms with Gasteiger partial charge in [-0.2, -0.15) is 9.78 Å². The summed E-state index contributed by atoms with van der Waals surface area (Å²) in [5, 5.41) is 5.43. The fraction of sp³-hybridized carbons (Fsp3) is 0.333. The van der Waals surface area contributed by atoms with Gasteiger partial charge in [-0.25, -0.2) is 4.79 Å². The van der Waals surface area contributed by atoms with E-state index in [1.54, 1.807) is 9.58 Å². The molecule has 0 saturated carbocycles. The van der Waals surface area contributed by atoms with Gasteiger partial charge in [0, 0.05) is 17.1 Å². The Morgan fingerprint density at radius 1 is 1.07 bits per heavy atom. The van der Waals surface area contributed by atoms with Crippen LogP contribution in [0.25, 0.3) is 16.8 Å². The Hall–Kier alpha value is -2.79. The molecule has 5 nitrogen and oxygen atoms in total. The Labute approximate surface area is 182 Å². The minimum absolute atomic E-state index is 0.0168. The average Bonchev–Trinajstić information content (AvgIpc) is 3.06. The summed E-state index contributed by atoms with van der Waals surface area (Å²) in [4.78, 5) is 14.9. The lowest BCUT2D eigenvalue weighted by molar-refractivity contribution is 0.120. The Bertz CT molecular complexity index is 1080. The van der Waals surface area contributed by atoms with Crippen LogP contribution in [0.2, 0.25) is 5.02 Å². The van der Waals surface area contributed by atoms with Crippen molar-refractivity contribution in [3.63, 3.8) is 0 Å². The summed E-state index contributed by atoms with van der Waals surface area (Å²) in [5.41, 5.74) is 4.88. The molecule has 3 aromatic rings. The molecule has 1 aromatic heterocycles. The van der Waals surface area contributed by atoms with Gasteiger partial charge in [-0.3, -0.25) is 0 Å². The van der Waals surface area contributed by atoms with Crippen LogP contribution in [0.3, 0.4) is 0 Å². The number of benzene rings is 2. The summed E-state index contributed by atoms with van der Waals surface area (Å²) < 4.78 is 7.77. The summed E-state index contributed by atoms with van der Waals surface area (Å²) >= 11 is 6.24. The Kier molecular flexibility index (Phi) is 5.56. The molecular formula is C24H26ClN3O2. The van der Waals surface area contributed by atoms with E-state index in [0.29, 0.717) is 10.9 Å². The van der Waals surface area contributed by atoms with Gasteiger partial charge < -0.3 is 9.64 Å². The quantitative estimate of drug-likeness (QED) is 0.524. The number of hydrogen-bond donors (Lipinski definition) is 0. The number of ether oxygens (including phenoxy) is 1. The first-order chi connectivity index (χ1) is 14.4. The zero-order valence-corrected chi connectivity index (χ0v) is 18.5. The van der Waals surface area contributed by atoms with E-state index in [1.807, 2.05) is 64.1 Å². The van der Waals surface area contributed by atoms with E-state index in [4.69, 9.17) is 21.4 Å². The van der Waals surface area contributed by atoms with Gasteiger partial charge in [0.15, 0.2) is 0 Å². The maximum absolute atomic E-state index is 13.2. The normalized spacial score (nSPS) is 12.6. The molecule has 0 atom stereocenters. The minimum atomic E-state index is -0.381. The van der Waals surface area contributed by atoms with Crippen molar-refractivity contribution in [2.24, 2.45) is 0 Å². The van der Waals surface area contributed by atoms with E-state index in [0.717, 1.165) is 35.3 Å². The molecule has 2 aromatic carbocycles. The third kappa shape index (κ3) is 3.70. The maximum Gasteiger partial charge on any atom is 0.417 e. The van der Waals surface area contributed by atoms with Crippen LogP contribution in [0.15, 0.2) is 48.5 Å². The third-order valence-electron chi connectivity index (χ3n) is 5.39. The number of hydrogen-bond acceptors (Lipinski definition) is 3. The molecule has 0 saturated heterocycles. The number of aromatic nitrogens is 2. The van der Waals surface area contributed by atoms with E-state index >= 15 is 0 Å². The van der Waals surface area contributed by atoms with Crippen LogP contribution in [0, 0.1) is 0 Å². The number of halogens is 1. The van der Waals surface area contributed by atoms with Crippen LogP contribution in [-0.2, 0) is 12.8 Å². The van der Waals surface area contributed by atoms with Crippen molar-refractivity contribution in [3.05, 3.63) is 64.8 Å². The van der Waals surface area contributed by atoms with Crippen LogP contribution in [0.5, 0.6) is 5.88 Å². The first-order valence-electron chi connectivity index (χ1n) is 10.3. The van der Waals surface area contributed by atoms with Crippen molar-refractivity contribution in [3.8, 4) is 22.7 Å². The number of amides is 1. The fourth-order valence-corrected chi connectivity index (χ4v) is 4.34. The van der Waals surface area contributed by atoms with Gasteiger partial charge in [0.05, 0.1) is 16.9 Å². The van der Waals surface area contributed by atoms with Crippen molar-refractivity contribution in [1.82, 2.24) is 14.7 Å². The Morgan fingerprint density at radius 3 is 2.50 bits per heavy atom. The monoisotopic (exact) mass is 423 g/mol. The largest absolute Gasteiger partial charge is 0.417 e. The van der Waals surface area contributed by atoms with Gasteiger partial charge in [0.1, 0.15) is 0 Å². The van der Waals surface area contributed by atoms with Crippen molar-refractivity contribution in [2.45, 2.75) is 52.6 Å². The molecule has 0 fully saturated rings. The van der Waals surface area contributed by atoms with Crippen molar-refractivity contribution >= 4 is 17.7 Å². The van der Waals surface area contributed by atoms with E-state index in [2.05, 4.69) is 12.1 Å². The average molecular weight is 424 g/mol. The predicted molar refractivity (Wildman–Crippen MR) is 120 cm³/mol. The molecule has 0 spiro atoms. The number of nitrogens with zero attached hydrogens (tertiary/aromatic N) is 3. The summed E-state index contributed by atoms with van der Waals surface area (Å²) in [7, 11) is 0. The molecule has 0 bridgehead atoms. The van der Waals surface area contributed by atoms with Gasteiger partial charge in [-0.1, -0.05) is 41.9 Å². The SMILES string of the molecule is CC(C)N(C(=O)Oc1c2c(nn1-c1cccc(Cl)c1)CCc1ccccc1-2)C(C)C. The Balaban J connectivity index is 1.87. The second kappa shape index (κ2) is 8.15. The molecule has 6 heteroatoms. The highest BCUT2D eigenvalue weighted by Crippen LogP contribution is 2.41. The molecule has 4 rings (SSSR count). The number of aryl methyl sites for hydroxylation is 2. The van der Waals surface area contributed by atoms with Gasteiger partial charge >= 0.3 is 6.09 Å². The highest BCUT2D eigenvalue weighted by Gasteiger charge is 2.31. The molecule has 0 aliphatic heterocycles. The second-order valence-electron chi connectivity index (χ2n) is 8.14. The molecule has 156 valence electrons. The highest BCUT2D eigenvalue weighted by molar-refractivity contribution is 6.30. The third-order valence-corrected chi connectivity index (χ3v) is 5.63. The lowest BCUT2D eigenvalue weighted by Gasteiger charge is -2.29. The molecule has 0 radical (unpaired) electrons. The number of carbonyl (C=O) groups is 1. The molecule has 1 amide bonds. The van der Waals surface area contributed by atoms with Crippen LogP contribution < -0.4 is 4.74 Å². The van der Waals surface area contributed by atoms with E-state index in [9.17, 15) is 4.79 Å². The summed E-state index contributed by atoms with van der Waals surface area (Å²) in [5.74, 6) is 0.440. The molecule has 1 heterocycles. The standard InChI is InChI=1S/C24H26ClN3O2/c1-15(2)27(16(3)4)24(29)30-23-22-20-11-6-5-8-17(20)12-13-21(22)26-28(23)19-10-7-9-18(25)14-19/h5-11,14-16H,12-13H2,1-4H3. The van der Waals surface area contributed by atoms with Crippen LogP contribution in [-0.4, -0.2) is 32.9 Å². The number of rotatable bonds is 4. The van der Waals surface area contributed by atoms with Crippen LogP contribution in [0.1, 0.15) is 39.0 Å². The Morgan fingerprint density at radius 2 is 1.80 bits per heavy atom. The summed E-state index contributed by atoms with van der Waals surface area (Å²) in [6.45, 7) is 7.95.